The van der Waals surface area contributed by atoms with E-state index in [9.17, 15) is 53.7 Å². The van der Waals surface area contributed by atoms with Crippen molar-refractivity contribution in [3.63, 3.8) is 0 Å². The molecule has 3 aromatic heterocycles. The quantitative estimate of drug-likeness (QED) is 0.0435. The van der Waals surface area contributed by atoms with E-state index in [-0.39, 0.29) is 60.7 Å². The van der Waals surface area contributed by atoms with Gasteiger partial charge in [0.1, 0.15) is 78.3 Å². The Morgan fingerprint density at radius 1 is 0.482 bits per heavy atom. The number of para-hydroxylation sites is 1. The molecule has 2 fully saturated rings. The molecule has 0 saturated carbocycles. The van der Waals surface area contributed by atoms with Gasteiger partial charge in [-0.1, -0.05) is 118 Å². The van der Waals surface area contributed by atoms with Crippen LogP contribution in [0.5, 0.6) is 5.75 Å². The molecule has 2 bridgehead atoms. The molecule has 3 aromatic carbocycles. The number of phenolic OH excluding ortho intramolecular Hbond substituents is 1. The molecule has 22 N–H and O–H groups in total. The third-order valence-electron chi connectivity index (χ3n) is 17.6. The highest BCUT2D eigenvalue weighted by Gasteiger charge is 2.40. The Labute approximate surface area is 646 Å². The van der Waals surface area contributed by atoms with Crippen LogP contribution in [0, 0.1) is 5.92 Å². The number of carboxylic acids is 1. The molecule has 0 spiro atoms. The maximum absolute atomic E-state index is 15.5. The number of nitrogens with zero attached hydrogens (tertiary/aromatic N) is 2. The number of benzene rings is 3. The van der Waals surface area contributed by atoms with Crippen molar-refractivity contribution in [2.24, 2.45) is 17.4 Å². The second kappa shape index (κ2) is 41.2. The molecule has 13 amide bonds. The Balaban J connectivity index is 1.26. The number of fused-ring (bicyclic) bond motifs is 6. The van der Waals surface area contributed by atoms with Crippen LogP contribution in [-0.2, 0) is 99.2 Å². The van der Waals surface area contributed by atoms with Gasteiger partial charge in [-0.25, -0.2) is 9.97 Å². The van der Waals surface area contributed by atoms with Crippen LogP contribution in [0.3, 0.4) is 0 Å². The number of amides is 13. The van der Waals surface area contributed by atoms with E-state index in [2.05, 4.69) is 88.7 Å². The number of primary amides is 1. The third kappa shape index (κ3) is 25.5. The molecule has 40 heteroatoms. The lowest BCUT2D eigenvalue weighted by molar-refractivity contribution is -0.138. The van der Waals surface area contributed by atoms with Crippen LogP contribution < -0.4 is 75.3 Å². The average molecular weight is 1600 g/mol. The van der Waals surface area contributed by atoms with E-state index >= 15 is 28.8 Å². The molecule has 5 heterocycles. The molecule has 110 heavy (non-hydrogen) atoms. The van der Waals surface area contributed by atoms with Crippen molar-refractivity contribution in [3.05, 3.63) is 138 Å². The maximum Gasteiger partial charge on any atom is 0.303 e. The molecular formula is C70H89N19O17S4. The van der Waals surface area contributed by atoms with E-state index in [1.807, 2.05) is 0 Å². The second-order valence-electron chi connectivity index (χ2n) is 26.5. The molecule has 2 aliphatic heterocycles. The zero-order chi connectivity index (χ0) is 79.7. The summed E-state index contributed by atoms with van der Waals surface area (Å²) in [4.78, 5) is 220. The minimum atomic E-state index is -1.85. The van der Waals surface area contributed by atoms with E-state index in [1.54, 1.807) is 74.6 Å². The van der Waals surface area contributed by atoms with Crippen molar-refractivity contribution in [2.75, 3.05) is 23.0 Å². The summed E-state index contributed by atoms with van der Waals surface area (Å²) in [7, 11) is 3.63. The van der Waals surface area contributed by atoms with Crippen molar-refractivity contribution in [1.82, 2.24) is 88.7 Å². The number of nitrogens with one attached hydrogen (secondary N) is 15. The molecule has 6 aromatic rings. The summed E-state index contributed by atoms with van der Waals surface area (Å²) in [6, 6.07) is -0.250. The lowest BCUT2D eigenvalue weighted by atomic mass is 10.0. The van der Waals surface area contributed by atoms with Crippen LogP contribution >= 0.6 is 43.2 Å². The fraction of sp³-hybridized carbons (Fsp3) is 0.429. The third-order valence-corrected chi connectivity index (χ3v) is 22.5. The summed E-state index contributed by atoms with van der Waals surface area (Å²) >= 11 is 0. The number of aromatic nitrogens is 5. The highest BCUT2D eigenvalue weighted by Crippen LogP contribution is 2.26. The molecule has 14 atom stereocenters. The molecule has 590 valence electrons. The van der Waals surface area contributed by atoms with Crippen molar-refractivity contribution in [1.29, 1.82) is 0 Å². The number of aliphatic hydroxyl groups is 1. The number of carbonyl (C=O) groups excluding carboxylic acids is 13. The van der Waals surface area contributed by atoms with Gasteiger partial charge < -0.3 is 106 Å². The lowest BCUT2D eigenvalue weighted by Crippen LogP contribution is -2.62. The predicted molar refractivity (Wildman–Crippen MR) is 408 cm³/mol. The molecule has 0 radical (unpaired) electrons. The lowest BCUT2D eigenvalue weighted by Gasteiger charge is -2.29. The summed E-state index contributed by atoms with van der Waals surface area (Å²) in [6.45, 7) is 5.69. The summed E-state index contributed by atoms with van der Waals surface area (Å²) in [6.07, 6.45) is 2.11. The summed E-state index contributed by atoms with van der Waals surface area (Å²) in [5.74, 6) is -16.7. The first-order valence-electron chi connectivity index (χ1n) is 34.9. The molecule has 8 rings (SSSR count). The molecule has 36 nitrogen and oxygen atoms in total. The van der Waals surface area contributed by atoms with Gasteiger partial charge in [-0.15, -0.1) is 0 Å². The highest BCUT2D eigenvalue weighted by atomic mass is 33.1. The number of imidazole rings is 2. The van der Waals surface area contributed by atoms with Crippen LogP contribution in [0.25, 0.3) is 10.9 Å². The molecule has 2 aliphatic rings. The minimum Gasteiger partial charge on any atom is -0.508 e. The number of carbonyl (C=O) groups is 14. The number of rotatable bonds is 16. The number of aromatic hydroxyl groups is 1. The van der Waals surface area contributed by atoms with Crippen molar-refractivity contribution in [2.45, 2.75) is 157 Å². The number of H-pyrrole nitrogens is 3. The van der Waals surface area contributed by atoms with E-state index in [0.717, 1.165) is 43.2 Å². The molecule has 2 saturated heterocycles. The van der Waals surface area contributed by atoms with Gasteiger partial charge in [-0.2, -0.15) is 0 Å². The zero-order valence-corrected chi connectivity index (χ0v) is 63.3. The number of hydrogen-bond donors (Lipinski definition) is 20. The number of aromatic amines is 3. The number of aliphatic hydroxyl groups excluding tert-OH is 1. The highest BCUT2D eigenvalue weighted by molar-refractivity contribution is 8.77. The van der Waals surface area contributed by atoms with Crippen LogP contribution in [-0.4, -0.2) is 231 Å². The van der Waals surface area contributed by atoms with Gasteiger partial charge in [0.2, 0.25) is 76.8 Å². The van der Waals surface area contributed by atoms with Gasteiger partial charge in [0.25, 0.3) is 0 Å². The normalized spacial score (nSPS) is 25.5. The fourth-order valence-electron chi connectivity index (χ4n) is 11.4. The fourth-order valence-corrected chi connectivity index (χ4v) is 16.1. The summed E-state index contributed by atoms with van der Waals surface area (Å²) in [5, 5.41) is 63.4. The topological polar surface area (TPSA) is 569 Å². The average Bonchev–Trinajstić information content (AvgIpc) is 1.62. The van der Waals surface area contributed by atoms with Crippen molar-refractivity contribution in [3.8, 4) is 5.75 Å². The van der Waals surface area contributed by atoms with E-state index in [4.69, 9.17) is 11.5 Å². The largest absolute Gasteiger partial charge is 0.508 e. The van der Waals surface area contributed by atoms with Gasteiger partial charge in [0.05, 0.1) is 24.8 Å². The summed E-state index contributed by atoms with van der Waals surface area (Å²) < 4.78 is 0. The minimum absolute atomic E-state index is 0.137. The summed E-state index contributed by atoms with van der Waals surface area (Å²) in [5.41, 5.74) is 14.5. The molecule has 0 aliphatic carbocycles. The Hall–Kier alpha value is -10.7. The Kier molecular flexibility index (Phi) is 31.8. The SMILES string of the molecule is CC(C)[C@@H]1NC(=O)[C@@H](N)CSSC[C@@H](C(N)=O)NC(=O)[C@H]([C@@H](C)O)NC(=O)[C@H](Cc2c[nH]c3ccccc23)NC(=O)[C@@H]2CSSC[C@H](NC(=O)[C@H](Cc3ccc(O)cc3)NC(=O)[C@H](C)NC1=O)C(=O)N[C@@H](Cc1ccccc1)C(=O)N[C@@H](CCC(=O)O)C(=O)N[C@@H](Cc1cnc[nH]1)C(=O)N[C@@H](Cc1cnc[nH]1)C(=O)N2. The number of phenols is 1. The molecule has 0 unspecified atom stereocenters. The standard InChI is InChI=1S/C70H89N19O17S4/c1-34(2)56-69(105)78-35(3)59(95)80-47(21-38-14-16-42(91)17-15-38)63(99)86-53-30-109-110-31-54(68(104)82-49(22-39-25-75-45-13-9-8-12-43(39)45)66(102)89-57(36(4)90)70(106)85-52(58(72)94)29-108-107-28-44(71)60(96)88-56)87-65(101)51(24-41-27-74-33-77-41)84-64(100)50(23-40-26-73-32-76-40)83-61(97)46(18-19-55(92)93)79-62(98)48(81-67(53)103)20-37-10-6-5-7-11-37/h5-17,25-27,32-36,44,46-54,56-57,75,90-91H,18-24,28-31,71H2,1-4H3,(H2,72,94)(H,73,76)(H,74,77)(H,78,105)(H,79,98)(H,80,95)(H,81,103)(H,82,104)(H,83,97)(H,84,100)(H,85,106)(H,86,99)(H,87,101)(H,88,96)(H,89,102)(H,92,93)/t35-,36+,44-,46-,47-,48-,49-,50-,51-,52-,53-,54-,56-,57-/m0/s1. The number of hydrogen-bond acceptors (Lipinski definition) is 23. The zero-order valence-electron chi connectivity index (χ0n) is 60.1. The predicted octanol–water partition coefficient (Wildman–Crippen LogP) is -2.83. The van der Waals surface area contributed by atoms with Gasteiger partial charge in [-0.3, -0.25) is 67.1 Å². The van der Waals surface area contributed by atoms with Gasteiger partial charge >= 0.3 is 5.97 Å². The van der Waals surface area contributed by atoms with Crippen molar-refractivity contribution >= 4 is 137 Å². The first kappa shape index (κ1) is 84.9. The van der Waals surface area contributed by atoms with Crippen LogP contribution in [0.4, 0.5) is 0 Å². The monoisotopic (exact) mass is 1600 g/mol. The van der Waals surface area contributed by atoms with Crippen molar-refractivity contribution < 1.29 is 82.4 Å². The first-order chi connectivity index (χ1) is 52.5. The number of aliphatic carboxylic acids is 1. The first-order valence-corrected chi connectivity index (χ1v) is 39.9. The maximum atomic E-state index is 15.5. The van der Waals surface area contributed by atoms with Gasteiger partial charge in [0, 0.05) is 102 Å². The number of carboxylic acid groups (broad SMARTS) is 1. The smallest absolute Gasteiger partial charge is 0.303 e. The Bertz CT molecular complexity index is 4220. The van der Waals surface area contributed by atoms with E-state index < -0.39 is 198 Å². The van der Waals surface area contributed by atoms with Crippen LogP contribution in [0.2, 0.25) is 0 Å². The van der Waals surface area contributed by atoms with Gasteiger partial charge in [0.15, 0.2) is 0 Å². The van der Waals surface area contributed by atoms with Crippen LogP contribution in [0.15, 0.2) is 110 Å². The van der Waals surface area contributed by atoms with E-state index in [1.165, 1.54) is 63.2 Å². The molecular weight excluding hydrogens is 1510 g/mol. The Morgan fingerprint density at radius 2 is 0.936 bits per heavy atom. The van der Waals surface area contributed by atoms with Crippen LogP contribution in [0.1, 0.15) is 68.6 Å². The van der Waals surface area contributed by atoms with E-state index in [0.29, 0.717) is 27.6 Å². The second-order valence-corrected chi connectivity index (χ2v) is 31.6. The Morgan fingerprint density at radius 3 is 1.47 bits per heavy atom. The van der Waals surface area contributed by atoms with Gasteiger partial charge in [-0.05, 0) is 61.1 Å². The number of nitrogens with two attached hydrogens (primary N) is 2.